The predicted octanol–water partition coefficient (Wildman–Crippen LogP) is 3.33. The maximum absolute atomic E-state index is 12.8. The van der Waals surface area contributed by atoms with Crippen molar-refractivity contribution < 1.29 is 13.2 Å². The fourth-order valence-corrected chi connectivity index (χ4v) is 4.47. The van der Waals surface area contributed by atoms with Crippen molar-refractivity contribution >= 4 is 15.9 Å². The van der Waals surface area contributed by atoms with Crippen LogP contribution in [-0.2, 0) is 23.1 Å². The molecule has 0 aromatic heterocycles. The quantitative estimate of drug-likeness (QED) is 0.661. The van der Waals surface area contributed by atoms with Crippen molar-refractivity contribution in [1.82, 2.24) is 14.5 Å². The number of sulfonamides is 1. The summed E-state index contributed by atoms with van der Waals surface area (Å²) in [6, 6.07) is 11.4. The normalized spacial score (nSPS) is 11.9. The average Bonchev–Trinajstić information content (AvgIpc) is 2.72. The highest BCUT2D eigenvalue weighted by molar-refractivity contribution is 7.89. The van der Waals surface area contributed by atoms with Crippen molar-refractivity contribution in [2.45, 2.75) is 45.7 Å². The Morgan fingerprint density at radius 1 is 1.00 bits per heavy atom. The second-order valence-electron chi connectivity index (χ2n) is 7.67. The van der Waals surface area contributed by atoms with Crippen LogP contribution in [0.4, 0.5) is 0 Å². The van der Waals surface area contributed by atoms with Crippen LogP contribution in [0.15, 0.2) is 41.3 Å². The van der Waals surface area contributed by atoms with Gasteiger partial charge in [0, 0.05) is 32.7 Å². The Morgan fingerprint density at radius 2 is 1.63 bits per heavy atom. The molecule has 2 aromatic rings. The van der Waals surface area contributed by atoms with Crippen molar-refractivity contribution in [2.24, 2.45) is 0 Å². The minimum Gasteiger partial charge on any atom is -0.348 e. The van der Waals surface area contributed by atoms with Crippen LogP contribution in [-0.4, -0.2) is 50.7 Å². The minimum absolute atomic E-state index is 0.166. The molecule has 0 bridgehead atoms. The van der Waals surface area contributed by atoms with Crippen molar-refractivity contribution in [3.05, 3.63) is 64.2 Å². The topological polar surface area (TPSA) is 69.7 Å². The molecule has 1 N–H and O–H groups in total. The molecule has 0 saturated heterocycles. The molecule has 2 aromatic carbocycles. The number of amides is 1. The Balaban J connectivity index is 2.19. The zero-order chi connectivity index (χ0) is 22.5. The maximum Gasteiger partial charge on any atom is 0.251 e. The molecule has 6 nitrogen and oxygen atoms in total. The first-order chi connectivity index (χ1) is 14.1. The number of hydrogen-bond donors (Lipinski definition) is 1. The molecule has 30 heavy (non-hydrogen) atoms. The molecule has 0 radical (unpaired) electrons. The molecule has 0 aliphatic heterocycles. The van der Waals surface area contributed by atoms with Crippen LogP contribution in [0.2, 0.25) is 0 Å². The zero-order valence-electron chi connectivity index (χ0n) is 18.8. The van der Waals surface area contributed by atoms with E-state index in [0.717, 1.165) is 35.1 Å². The summed E-state index contributed by atoms with van der Waals surface area (Å²) in [5, 5.41) is 2.92. The van der Waals surface area contributed by atoms with E-state index in [-0.39, 0.29) is 10.8 Å². The highest BCUT2D eigenvalue weighted by atomic mass is 32.2. The summed E-state index contributed by atoms with van der Waals surface area (Å²) in [6.45, 7) is 11.1. The highest BCUT2D eigenvalue weighted by Crippen LogP contribution is 2.23. The van der Waals surface area contributed by atoms with Gasteiger partial charge in [-0.05, 0) is 61.3 Å². The van der Waals surface area contributed by atoms with Gasteiger partial charge in [-0.2, -0.15) is 0 Å². The van der Waals surface area contributed by atoms with Crippen molar-refractivity contribution in [3.63, 3.8) is 0 Å². The molecule has 164 valence electrons. The fraction of sp³-hybridized carbons (Fsp3) is 0.435. The van der Waals surface area contributed by atoms with Crippen LogP contribution < -0.4 is 5.32 Å². The molecule has 0 heterocycles. The first kappa shape index (κ1) is 24.1. The summed E-state index contributed by atoms with van der Waals surface area (Å²) in [5.41, 5.74) is 3.99. The SMILES string of the molecule is CCN(CC)Cc1cccc(CNC(=O)c2cc(C)c(C)c(S(=O)(=O)N(C)C)c2)c1. The number of benzene rings is 2. The summed E-state index contributed by atoms with van der Waals surface area (Å²) >= 11 is 0. The fourth-order valence-electron chi connectivity index (χ4n) is 3.25. The van der Waals surface area contributed by atoms with Gasteiger partial charge in [0.15, 0.2) is 0 Å². The van der Waals surface area contributed by atoms with Crippen LogP contribution in [0.25, 0.3) is 0 Å². The lowest BCUT2D eigenvalue weighted by Gasteiger charge is -2.18. The minimum atomic E-state index is -3.63. The maximum atomic E-state index is 12.8. The molecule has 0 saturated carbocycles. The van der Waals surface area contributed by atoms with Crippen LogP contribution >= 0.6 is 0 Å². The Bertz CT molecular complexity index is 997. The van der Waals surface area contributed by atoms with Gasteiger partial charge in [-0.25, -0.2) is 12.7 Å². The molecular formula is C23H33N3O3S. The summed E-state index contributed by atoms with van der Waals surface area (Å²) in [7, 11) is -0.651. The Labute approximate surface area is 180 Å². The van der Waals surface area contributed by atoms with Gasteiger partial charge in [0.25, 0.3) is 5.91 Å². The molecule has 2 rings (SSSR count). The number of carbonyl (C=O) groups is 1. The lowest BCUT2D eigenvalue weighted by atomic mass is 10.1. The van der Waals surface area contributed by atoms with E-state index >= 15 is 0 Å². The lowest BCUT2D eigenvalue weighted by Crippen LogP contribution is -2.26. The molecule has 0 aliphatic carbocycles. The summed E-state index contributed by atoms with van der Waals surface area (Å²) < 4.78 is 26.4. The second kappa shape index (κ2) is 10.2. The van der Waals surface area contributed by atoms with E-state index in [1.165, 1.54) is 25.7 Å². The Morgan fingerprint density at radius 3 is 2.23 bits per heavy atom. The number of carbonyl (C=O) groups excluding carboxylic acids is 1. The van der Waals surface area contributed by atoms with E-state index in [0.29, 0.717) is 17.7 Å². The van der Waals surface area contributed by atoms with E-state index in [9.17, 15) is 13.2 Å². The zero-order valence-corrected chi connectivity index (χ0v) is 19.6. The van der Waals surface area contributed by atoms with Gasteiger partial charge in [0.05, 0.1) is 4.90 Å². The Kier molecular flexibility index (Phi) is 8.18. The molecule has 1 amide bonds. The van der Waals surface area contributed by atoms with Gasteiger partial charge in [0.1, 0.15) is 0 Å². The van der Waals surface area contributed by atoms with Crippen LogP contribution in [0.3, 0.4) is 0 Å². The van der Waals surface area contributed by atoms with Gasteiger partial charge in [0.2, 0.25) is 10.0 Å². The average molecular weight is 432 g/mol. The van der Waals surface area contributed by atoms with Gasteiger partial charge in [-0.15, -0.1) is 0 Å². The summed E-state index contributed by atoms with van der Waals surface area (Å²) in [5.74, 6) is -0.289. The standard InChI is InChI=1S/C23H33N3O3S/c1-7-26(8-2)16-20-11-9-10-19(13-20)15-24-23(27)21-12-17(3)18(4)22(14-21)30(28,29)25(5)6/h9-14H,7-8,15-16H2,1-6H3,(H,24,27). The van der Waals surface area contributed by atoms with Gasteiger partial charge < -0.3 is 5.32 Å². The number of hydrogen-bond acceptors (Lipinski definition) is 4. The van der Waals surface area contributed by atoms with Crippen molar-refractivity contribution in [3.8, 4) is 0 Å². The largest absolute Gasteiger partial charge is 0.348 e. The second-order valence-corrected chi connectivity index (χ2v) is 9.79. The monoisotopic (exact) mass is 431 g/mol. The molecule has 0 unspecified atom stereocenters. The molecule has 0 spiro atoms. The van der Waals surface area contributed by atoms with Crippen LogP contribution in [0.1, 0.15) is 46.5 Å². The van der Waals surface area contributed by atoms with E-state index in [1.54, 1.807) is 13.0 Å². The summed E-state index contributed by atoms with van der Waals surface area (Å²) in [4.78, 5) is 15.3. The van der Waals surface area contributed by atoms with Crippen LogP contribution in [0.5, 0.6) is 0 Å². The smallest absolute Gasteiger partial charge is 0.251 e. The first-order valence-corrected chi connectivity index (χ1v) is 11.7. The van der Waals surface area contributed by atoms with Crippen LogP contribution in [0, 0.1) is 13.8 Å². The lowest BCUT2D eigenvalue weighted by molar-refractivity contribution is 0.0950. The predicted molar refractivity (Wildman–Crippen MR) is 121 cm³/mol. The number of rotatable bonds is 9. The third kappa shape index (κ3) is 5.68. The number of aryl methyl sites for hydroxylation is 1. The van der Waals surface area contributed by atoms with Crippen molar-refractivity contribution in [1.29, 1.82) is 0 Å². The molecule has 0 fully saturated rings. The van der Waals surface area contributed by atoms with Gasteiger partial charge in [-0.1, -0.05) is 38.1 Å². The van der Waals surface area contributed by atoms with E-state index in [1.807, 2.05) is 19.1 Å². The third-order valence-corrected chi connectivity index (χ3v) is 7.33. The summed E-state index contributed by atoms with van der Waals surface area (Å²) in [6.07, 6.45) is 0. The van der Waals surface area contributed by atoms with Gasteiger partial charge in [-0.3, -0.25) is 9.69 Å². The van der Waals surface area contributed by atoms with Gasteiger partial charge >= 0.3 is 0 Å². The first-order valence-electron chi connectivity index (χ1n) is 10.2. The molecule has 0 aliphatic rings. The van der Waals surface area contributed by atoms with Crippen molar-refractivity contribution in [2.75, 3.05) is 27.2 Å². The molecular weight excluding hydrogens is 398 g/mol. The number of nitrogens with zero attached hydrogens (tertiary/aromatic N) is 2. The Hall–Kier alpha value is -2.22. The van der Waals surface area contributed by atoms with E-state index < -0.39 is 10.0 Å². The molecule has 0 atom stereocenters. The van der Waals surface area contributed by atoms with E-state index in [2.05, 4.69) is 36.2 Å². The molecule has 7 heteroatoms. The highest BCUT2D eigenvalue weighted by Gasteiger charge is 2.23. The third-order valence-electron chi connectivity index (χ3n) is 5.39. The van der Waals surface area contributed by atoms with E-state index in [4.69, 9.17) is 0 Å². The number of nitrogens with one attached hydrogen (secondary N) is 1.